The van der Waals surface area contributed by atoms with Crippen LogP contribution in [0.2, 0.25) is 0 Å². The molecule has 4 heterocycles. The second-order valence-corrected chi connectivity index (χ2v) is 8.27. The van der Waals surface area contributed by atoms with Gasteiger partial charge in [-0.3, -0.25) is 19.3 Å². The zero-order chi connectivity index (χ0) is 19.0. The van der Waals surface area contributed by atoms with Crippen molar-refractivity contribution in [2.24, 2.45) is 0 Å². The van der Waals surface area contributed by atoms with Crippen molar-refractivity contribution in [3.63, 3.8) is 0 Å². The molecule has 0 saturated carbocycles. The number of fused-ring (bicyclic) bond motifs is 1. The van der Waals surface area contributed by atoms with Crippen LogP contribution in [0.5, 0.6) is 0 Å². The fourth-order valence-electron chi connectivity index (χ4n) is 3.38. The first-order chi connectivity index (χ1) is 13.0. The lowest BCUT2D eigenvalue weighted by Crippen LogP contribution is -2.45. The Bertz CT molecular complexity index is 1200. The number of rotatable bonds is 3. The number of piperidine rings is 1. The van der Waals surface area contributed by atoms with Crippen molar-refractivity contribution in [3.05, 3.63) is 63.7 Å². The zero-order valence-electron chi connectivity index (χ0n) is 14.3. The summed E-state index contributed by atoms with van der Waals surface area (Å²) in [6, 6.07) is 5.95. The minimum Gasteiger partial charge on any atom is -0.291 e. The molecule has 27 heavy (non-hydrogen) atoms. The van der Waals surface area contributed by atoms with Crippen LogP contribution in [0.4, 0.5) is 0 Å². The highest BCUT2D eigenvalue weighted by Gasteiger charge is 2.31. The van der Waals surface area contributed by atoms with Gasteiger partial charge in [-0.25, -0.2) is 18.2 Å². The predicted molar refractivity (Wildman–Crippen MR) is 97.9 cm³/mol. The van der Waals surface area contributed by atoms with Gasteiger partial charge in [-0.15, -0.1) is 0 Å². The van der Waals surface area contributed by atoms with E-state index in [1.54, 1.807) is 18.2 Å². The molecule has 1 N–H and O–H groups in total. The van der Waals surface area contributed by atoms with Gasteiger partial charge in [-0.05, 0) is 37.1 Å². The molecule has 0 radical (unpaired) electrons. The standard InChI is InChI=1S/C17H17N5O4S/c23-16-14-4-2-8-19-15(14)20-17(24)22(16)12-5-9-21(10-6-12)27(25,26)13-3-1-7-18-11-13/h1-4,7-8,11-12H,5-6,9-10H2,(H,19,20,24). The van der Waals surface area contributed by atoms with Crippen molar-refractivity contribution in [2.45, 2.75) is 23.8 Å². The molecule has 0 aliphatic carbocycles. The SMILES string of the molecule is O=c1[nH]c2ncccc2c(=O)n1C1CCN(S(=O)(=O)c2cccnc2)CC1. The smallest absolute Gasteiger partial charge is 0.291 e. The summed E-state index contributed by atoms with van der Waals surface area (Å²) >= 11 is 0. The van der Waals surface area contributed by atoms with Crippen LogP contribution in [0.1, 0.15) is 18.9 Å². The zero-order valence-corrected chi connectivity index (χ0v) is 15.1. The summed E-state index contributed by atoms with van der Waals surface area (Å²) in [4.78, 5) is 35.7. The largest absolute Gasteiger partial charge is 0.330 e. The number of aromatic nitrogens is 4. The fourth-order valence-corrected chi connectivity index (χ4v) is 4.82. The molecule has 1 aliphatic rings. The summed E-state index contributed by atoms with van der Waals surface area (Å²) in [5.41, 5.74) is -0.685. The number of H-pyrrole nitrogens is 1. The Labute approximate surface area is 154 Å². The number of aromatic amines is 1. The third-order valence-corrected chi connectivity index (χ3v) is 6.64. The second-order valence-electron chi connectivity index (χ2n) is 6.33. The molecule has 3 aromatic rings. The molecular weight excluding hydrogens is 370 g/mol. The van der Waals surface area contributed by atoms with E-state index in [1.165, 1.54) is 33.5 Å². The normalized spacial score (nSPS) is 16.6. The molecular formula is C17H17N5O4S. The van der Waals surface area contributed by atoms with E-state index in [1.807, 2.05) is 0 Å². The van der Waals surface area contributed by atoms with Crippen molar-refractivity contribution in [1.82, 2.24) is 23.8 Å². The number of hydrogen-bond donors (Lipinski definition) is 1. The highest BCUT2D eigenvalue weighted by atomic mass is 32.2. The van der Waals surface area contributed by atoms with Crippen molar-refractivity contribution < 1.29 is 8.42 Å². The summed E-state index contributed by atoms with van der Waals surface area (Å²) < 4.78 is 27.9. The van der Waals surface area contributed by atoms with Gasteiger partial charge in [0.15, 0.2) is 0 Å². The minimum atomic E-state index is -3.64. The summed E-state index contributed by atoms with van der Waals surface area (Å²) in [5, 5.41) is 0.336. The molecule has 0 unspecified atom stereocenters. The molecule has 0 amide bonds. The van der Waals surface area contributed by atoms with E-state index in [0.29, 0.717) is 18.2 Å². The van der Waals surface area contributed by atoms with Crippen LogP contribution in [0.3, 0.4) is 0 Å². The number of nitrogens with zero attached hydrogens (tertiary/aromatic N) is 4. The van der Waals surface area contributed by atoms with Crippen molar-refractivity contribution in [3.8, 4) is 0 Å². The van der Waals surface area contributed by atoms with Gasteiger partial charge in [-0.2, -0.15) is 4.31 Å². The number of nitrogens with one attached hydrogen (secondary N) is 1. The maximum Gasteiger partial charge on any atom is 0.330 e. The third-order valence-electron chi connectivity index (χ3n) is 4.76. The van der Waals surface area contributed by atoms with E-state index in [2.05, 4.69) is 15.0 Å². The van der Waals surface area contributed by atoms with E-state index in [-0.39, 0.29) is 29.7 Å². The van der Waals surface area contributed by atoms with Crippen LogP contribution in [-0.4, -0.2) is 45.3 Å². The minimum absolute atomic E-state index is 0.134. The molecule has 0 spiro atoms. The Balaban J connectivity index is 1.61. The average molecular weight is 387 g/mol. The predicted octanol–water partition coefficient (Wildman–Crippen LogP) is 0.506. The summed E-state index contributed by atoms with van der Waals surface area (Å²) in [6.45, 7) is 0.442. The second kappa shape index (κ2) is 6.71. The Kier molecular flexibility index (Phi) is 4.36. The average Bonchev–Trinajstić information content (AvgIpc) is 2.69. The third kappa shape index (κ3) is 3.06. The van der Waals surface area contributed by atoms with Gasteiger partial charge in [0.05, 0.1) is 5.39 Å². The van der Waals surface area contributed by atoms with E-state index < -0.39 is 21.3 Å². The lowest BCUT2D eigenvalue weighted by atomic mass is 10.1. The Morgan fingerprint density at radius 1 is 1.07 bits per heavy atom. The molecule has 1 fully saturated rings. The summed E-state index contributed by atoms with van der Waals surface area (Å²) in [7, 11) is -3.64. The van der Waals surface area contributed by atoms with E-state index >= 15 is 0 Å². The molecule has 0 atom stereocenters. The van der Waals surface area contributed by atoms with Gasteiger partial charge >= 0.3 is 5.69 Å². The lowest BCUT2D eigenvalue weighted by Gasteiger charge is -2.31. The molecule has 4 rings (SSSR count). The van der Waals surface area contributed by atoms with E-state index in [4.69, 9.17) is 0 Å². The van der Waals surface area contributed by atoms with Crippen LogP contribution in [0.15, 0.2) is 57.3 Å². The lowest BCUT2D eigenvalue weighted by molar-refractivity contribution is 0.266. The summed E-state index contributed by atoms with van der Waals surface area (Å²) in [5.74, 6) is 0. The topological polar surface area (TPSA) is 118 Å². The number of pyridine rings is 2. The van der Waals surface area contributed by atoms with Crippen LogP contribution in [0, 0.1) is 0 Å². The van der Waals surface area contributed by atoms with Crippen LogP contribution < -0.4 is 11.2 Å². The van der Waals surface area contributed by atoms with Gasteiger partial charge in [0.2, 0.25) is 10.0 Å². The molecule has 1 aliphatic heterocycles. The van der Waals surface area contributed by atoms with E-state index in [0.717, 1.165) is 0 Å². The fraction of sp³-hybridized carbons (Fsp3) is 0.294. The van der Waals surface area contributed by atoms with Crippen LogP contribution >= 0.6 is 0 Å². The summed E-state index contributed by atoms with van der Waals surface area (Å²) in [6.07, 6.45) is 5.07. The molecule has 10 heteroatoms. The first-order valence-corrected chi connectivity index (χ1v) is 9.92. The van der Waals surface area contributed by atoms with Gasteiger partial charge in [0.25, 0.3) is 5.56 Å². The molecule has 140 valence electrons. The molecule has 1 saturated heterocycles. The molecule has 9 nitrogen and oxygen atoms in total. The quantitative estimate of drug-likeness (QED) is 0.699. The van der Waals surface area contributed by atoms with Gasteiger partial charge in [-0.1, -0.05) is 0 Å². The van der Waals surface area contributed by atoms with Gasteiger partial charge in [0, 0.05) is 37.7 Å². The van der Waals surface area contributed by atoms with Crippen LogP contribution in [0.25, 0.3) is 11.0 Å². The van der Waals surface area contributed by atoms with E-state index in [9.17, 15) is 18.0 Å². The highest BCUT2D eigenvalue weighted by Crippen LogP contribution is 2.25. The van der Waals surface area contributed by atoms with Gasteiger partial charge in [0.1, 0.15) is 10.5 Å². The molecule has 0 bridgehead atoms. The molecule has 0 aromatic carbocycles. The van der Waals surface area contributed by atoms with Crippen molar-refractivity contribution in [2.75, 3.05) is 13.1 Å². The first-order valence-electron chi connectivity index (χ1n) is 8.48. The maximum absolute atomic E-state index is 12.7. The van der Waals surface area contributed by atoms with Crippen molar-refractivity contribution >= 4 is 21.1 Å². The van der Waals surface area contributed by atoms with Gasteiger partial charge < -0.3 is 0 Å². The maximum atomic E-state index is 12.7. The Morgan fingerprint density at radius 2 is 1.81 bits per heavy atom. The number of hydrogen-bond acceptors (Lipinski definition) is 6. The van der Waals surface area contributed by atoms with Crippen molar-refractivity contribution in [1.29, 1.82) is 0 Å². The first kappa shape index (κ1) is 17.6. The van der Waals surface area contributed by atoms with Crippen LogP contribution in [-0.2, 0) is 10.0 Å². The number of sulfonamides is 1. The Hall–Kier alpha value is -2.85. The molecule has 3 aromatic heterocycles. The monoisotopic (exact) mass is 387 g/mol. The highest BCUT2D eigenvalue weighted by molar-refractivity contribution is 7.89. The Morgan fingerprint density at radius 3 is 2.52 bits per heavy atom.